The molecule has 0 N–H and O–H groups in total. The third-order valence-electron chi connectivity index (χ3n) is 6.34. The largest absolute Gasteiger partial charge is 0.306 e. The van der Waals surface area contributed by atoms with E-state index >= 15 is 0 Å². The molecule has 0 amide bonds. The Labute approximate surface area is 148 Å². The molecule has 1 saturated heterocycles. The molecule has 1 atom stereocenters. The highest BCUT2D eigenvalue weighted by Gasteiger charge is 2.34. The molecule has 1 aromatic carbocycles. The quantitative estimate of drug-likeness (QED) is 0.675. The molecule has 124 valence electrons. The van der Waals surface area contributed by atoms with Crippen molar-refractivity contribution in [3.05, 3.63) is 26.7 Å². The number of rotatable bonds is 1. The fourth-order valence-corrected chi connectivity index (χ4v) is 5.33. The Hall–Kier alpha value is -0.670. The average molecular weight is 375 g/mol. The molecule has 0 aromatic heterocycles. The van der Waals surface area contributed by atoms with Gasteiger partial charge in [0.05, 0.1) is 5.69 Å². The van der Waals surface area contributed by atoms with E-state index in [4.69, 9.17) is 4.99 Å². The molecule has 1 fully saturated rings. The van der Waals surface area contributed by atoms with Gasteiger partial charge in [-0.1, -0.05) is 15.9 Å². The van der Waals surface area contributed by atoms with Gasteiger partial charge >= 0.3 is 0 Å². The van der Waals surface area contributed by atoms with E-state index in [1.807, 2.05) is 0 Å². The summed E-state index contributed by atoms with van der Waals surface area (Å²) in [6.07, 6.45) is 7.71. The Morgan fingerprint density at radius 3 is 2.48 bits per heavy atom. The monoisotopic (exact) mass is 374 g/mol. The summed E-state index contributed by atoms with van der Waals surface area (Å²) in [6.45, 7) is 6.98. The molecule has 2 aliphatic heterocycles. The second-order valence-corrected chi connectivity index (χ2v) is 8.57. The molecule has 1 aromatic rings. The molecule has 4 rings (SSSR count). The lowest BCUT2D eigenvalue weighted by Crippen LogP contribution is -2.37. The number of likely N-dealkylation sites (tertiary alicyclic amines) is 1. The van der Waals surface area contributed by atoms with Crippen LogP contribution in [0.1, 0.15) is 47.9 Å². The van der Waals surface area contributed by atoms with Crippen LogP contribution in [0, 0.1) is 25.7 Å². The van der Waals surface area contributed by atoms with Crippen LogP contribution in [0.3, 0.4) is 0 Å². The Morgan fingerprint density at radius 1 is 1.00 bits per heavy atom. The molecule has 1 unspecified atom stereocenters. The molecule has 2 bridgehead atoms. The maximum atomic E-state index is 5.32. The smallest absolute Gasteiger partial charge is 0.0704 e. The molecular weight excluding hydrogens is 348 g/mol. The molecule has 0 saturated carbocycles. The highest BCUT2D eigenvalue weighted by Crippen LogP contribution is 2.45. The van der Waals surface area contributed by atoms with Crippen molar-refractivity contribution in [2.24, 2.45) is 16.8 Å². The summed E-state index contributed by atoms with van der Waals surface area (Å²) in [5.74, 6) is 1.42. The van der Waals surface area contributed by atoms with E-state index in [1.165, 1.54) is 78.6 Å². The first-order chi connectivity index (χ1) is 11.1. The van der Waals surface area contributed by atoms with Crippen LogP contribution < -0.4 is 0 Å². The van der Waals surface area contributed by atoms with Crippen LogP contribution in [0.2, 0.25) is 0 Å². The van der Waals surface area contributed by atoms with Crippen LogP contribution in [0.25, 0.3) is 0 Å². The van der Waals surface area contributed by atoms with Crippen molar-refractivity contribution in [1.29, 1.82) is 0 Å². The minimum Gasteiger partial charge on any atom is -0.306 e. The van der Waals surface area contributed by atoms with Crippen molar-refractivity contribution in [1.82, 2.24) is 4.90 Å². The number of halogens is 1. The first kappa shape index (κ1) is 15.8. The van der Waals surface area contributed by atoms with Gasteiger partial charge in [-0.05, 0) is 94.8 Å². The van der Waals surface area contributed by atoms with Crippen LogP contribution in [0.15, 0.2) is 9.47 Å². The van der Waals surface area contributed by atoms with Crippen molar-refractivity contribution in [2.75, 3.05) is 20.1 Å². The minimum atomic E-state index is 0.706. The zero-order valence-corrected chi connectivity index (χ0v) is 16.2. The number of piperidine rings is 1. The SMILES string of the molecule is Cc1c(Br)c(C)c2c3c1CCCC(C3)C(C1CCN(C)CC1)=N2. The third-order valence-corrected chi connectivity index (χ3v) is 7.53. The molecule has 2 heterocycles. The van der Waals surface area contributed by atoms with Gasteiger partial charge in [0.1, 0.15) is 0 Å². The van der Waals surface area contributed by atoms with E-state index in [0.717, 1.165) is 0 Å². The molecule has 0 spiro atoms. The van der Waals surface area contributed by atoms with Gasteiger partial charge in [0.25, 0.3) is 0 Å². The first-order valence-corrected chi connectivity index (χ1v) is 9.93. The maximum Gasteiger partial charge on any atom is 0.0704 e. The van der Waals surface area contributed by atoms with Gasteiger partial charge in [-0.15, -0.1) is 0 Å². The summed E-state index contributed by atoms with van der Waals surface area (Å²) < 4.78 is 1.29. The van der Waals surface area contributed by atoms with Crippen LogP contribution in [-0.2, 0) is 12.8 Å². The summed E-state index contributed by atoms with van der Waals surface area (Å²) in [4.78, 5) is 7.78. The Morgan fingerprint density at radius 2 is 1.74 bits per heavy atom. The van der Waals surface area contributed by atoms with E-state index in [0.29, 0.717) is 11.8 Å². The third kappa shape index (κ3) is 2.60. The molecule has 3 aliphatic rings. The molecule has 1 aliphatic carbocycles. The predicted octanol–water partition coefficient (Wildman–Crippen LogP) is 4.99. The fraction of sp³-hybridized carbons (Fsp3) is 0.650. The number of fused-ring (bicyclic) bond motifs is 1. The van der Waals surface area contributed by atoms with E-state index in [1.54, 1.807) is 11.1 Å². The zero-order valence-electron chi connectivity index (χ0n) is 14.6. The van der Waals surface area contributed by atoms with Crippen molar-refractivity contribution in [3.8, 4) is 0 Å². The highest BCUT2D eigenvalue weighted by molar-refractivity contribution is 9.10. The number of nitrogens with zero attached hydrogens (tertiary/aromatic N) is 2. The van der Waals surface area contributed by atoms with Gasteiger partial charge < -0.3 is 4.90 Å². The summed E-state index contributed by atoms with van der Waals surface area (Å²) in [5, 5.41) is 0. The van der Waals surface area contributed by atoms with Crippen LogP contribution in [-0.4, -0.2) is 30.7 Å². The molecule has 3 heteroatoms. The van der Waals surface area contributed by atoms with Crippen molar-refractivity contribution in [3.63, 3.8) is 0 Å². The number of hydrogen-bond donors (Lipinski definition) is 0. The van der Waals surface area contributed by atoms with Gasteiger partial charge in [-0.2, -0.15) is 0 Å². The van der Waals surface area contributed by atoms with Gasteiger partial charge in [-0.3, -0.25) is 4.99 Å². The first-order valence-electron chi connectivity index (χ1n) is 9.13. The maximum absolute atomic E-state index is 5.32. The van der Waals surface area contributed by atoms with E-state index in [9.17, 15) is 0 Å². The summed E-state index contributed by atoms with van der Waals surface area (Å²) in [5.41, 5.74) is 8.82. The number of benzene rings is 1. The predicted molar refractivity (Wildman–Crippen MR) is 101 cm³/mol. The normalized spacial score (nSPS) is 25.2. The molecular formula is C20H27BrN2. The summed E-state index contributed by atoms with van der Waals surface area (Å²) >= 11 is 3.84. The Balaban J connectivity index is 1.81. The second-order valence-electron chi connectivity index (χ2n) is 7.78. The lowest BCUT2D eigenvalue weighted by atomic mass is 9.78. The van der Waals surface area contributed by atoms with Gasteiger partial charge in [0.15, 0.2) is 0 Å². The average Bonchev–Trinajstić information content (AvgIpc) is 2.74. The topological polar surface area (TPSA) is 15.6 Å². The molecule has 0 radical (unpaired) electrons. The van der Waals surface area contributed by atoms with E-state index < -0.39 is 0 Å². The Bertz CT molecular complexity index is 669. The standard InChI is InChI=1S/C20H27BrN2/c1-12-16-6-4-5-15-11-17(16)19(13(2)18(12)21)22-20(15)14-7-9-23(3)10-8-14/h14-15H,4-11H2,1-3H3. The number of hydrogen-bond acceptors (Lipinski definition) is 2. The van der Waals surface area contributed by atoms with Gasteiger partial charge in [-0.25, -0.2) is 0 Å². The lowest BCUT2D eigenvalue weighted by molar-refractivity contribution is 0.248. The van der Waals surface area contributed by atoms with Crippen LogP contribution in [0.5, 0.6) is 0 Å². The molecule has 23 heavy (non-hydrogen) atoms. The van der Waals surface area contributed by atoms with Crippen molar-refractivity contribution in [2.45, 2.75) is 52.4 Å². The zero-order chi connectivity index (χ0) is 16.1. The fourth-order valence-electron chi connectivity index (χ4n) is 4.90. The van der Waals surface area contributed by atoms with E-state index in [2.05, 4.69) is 41.7 Å². The summed E-state index contributed by atoms with van der Waals surface area (Å²) in [6, 6.07) is 0. The van der Waals surface area contributed by atoms with Gasteiger partial charge in [0.2, 0.25) is 0 Å². The van der Waals surface area contributed by atoms with Crippen molar-refractivity contribution < 1.29 is 0 Å². The van der Waals surface area contributed by atoms with E-state index in [-0.39, 0.29) is 0 Å². The van der Waals surface area contributed by atoms with Crippen LogP contribution in [0.4, 0.5) is 5.69 Å². The second kappa shape index (κ2) is 6.00. The molecule has 2 nitrogen and oxygen atoms in total. The minimum absolute atomic E-state index is 0.706. The van der Waals surface area contributed by atoms with Crippen molar-refractivity contribution >= 4 is 27.3 Å². The summed E-state index contributed by atoms with van der Waals surface area (Å²) in [7, 11) is 2.25. The lowest BCUT2D eigenvalue weighted by Gasteiger charge is -2.35. The highest BCUT2D eigenvalue weighted by atomic mass is 79.9. The Kier molecular flexibility index (Phi) is 4.13. The van der Waals surface area contributed by atoms with Crippen LogP contribution >= 0.6 is 15.9 Å². The number of aliphatic imine (C=N–C) groups is 1. The van der Waals surface area contributed by atoms with Gasteiger partial charge in [0, 0.05) is 22.0 Å².